The van der Waals surface area contributed by atoms with Gasteiger partial charge in [0.25, 0.3) is 0 Å². The molecule has 0 saturated heterocycles. The Hall–Kier alpha value is -1.63. The monoisotopic (exact) mass is 270 g/mol. The van der Waals surface area contributed by atoms with E-state index in [-0.39, 0.29) is 0 Å². The van der Waals surface area contributed by atoms with Crippen LogP contribution in [0.15, 0.2) is 29.1 Å². The first kappa shape index (κ1) is 10.5. The van der Waals surface area contributed by atoms with Gasteiger partial charge >= 0.3 is 0 Å². The van der Waals surface area contributed by atoms with E-state index < -0.39 is 0 Å². The quantitative estimate of drug-likeness (QED) is 0.607. The number of hydrogen-bond acceptors (Lipinski definition) is 6. The van der Waals surface area contributed by atoms with E-state index in [9.17, 15) is 0 Å². The minimum Gasteiger partial charge on any atom is -0.367 e. The van der Waals surface area contributed by atoms with Gasteiger partial charge in [0.15, 0.2) is 5.82 Å². The average Bonchev–Trinajstić information content (AvgIpc) is 2.83. The van der Waals surface area contributed by atoms with Gasteiger partial charge in [0, 0.05) is 10.6 Å². The summed E-state index contributed by atoms with van der Waals surface area (Å²) in [4.78, 5) is 0. The molecule has 1 aromatic carbocycles. The van der Waals surface area contributed by atoms with Crippen LogP contribution in [0.5, 0.6) is 0 Å². The normalized spacial score (nSPS) is 17.8. The second-order valence-electron chi connectivity index (χ2n) is 3.50. The summed E-state index contributed by atoms with van der Waals surface area (Å²) < 4.78 is 0. The number of nitrogens with zero attached hydrogens (tertiary/aromatic N) is 2. The molecule has 0 fully saturated rings. The van der Waals surface area contributed by atoms with Crippen molar-refractivity contribution in [1.29, 1.82) is 0 Å². The standard InChI is InChI=1S/C9H8Cl2N6/c10-4-1-2-5(6(11)3-4)7-8-14-15-9(12)17(8)16-13-7/h1-3,13-14,16H,(H2,12,15). The predicted octanol–water partition coefficient (Wildman–Crippen LogP) is 0.777. The molecular weight excluding hydrogens is 263 g/mol. The van der Waals surface area contributed by atoms with Crippen LogP contribution in [-0.2, 0) is 0 Å². The summed E-state index contributed by atoms with van der Waals surface area (Å²) in [6.07, 6.45) is 0. The van der Waals surface area contributed by atoms with Crippen LogP contribution in [0, 0.1) is 0 Å². The zero-order valence-corrected chi connectivity index (χ0v) is 9.97. The zero-order valence-electron chi connectivity index (χ0n) is 8.46. The van der Waals surface area contributed by atoms with Crippen LogP contribution < -0.4 is 22.1 Å². The van der Waals surface area contributed by atoms with Crippen molar-refractivity contribution < 1.29 is 0 Å². The number of hydrazine groups is 2. The maximum Gasteiger partial charge on any atom is 0.236 e. The fourth-order valence-corrected chi connectivity index (χ4v) is 2.17. The maximum atomic E-state index is 6.14. The molecule has 0 spiro atoms. The van der Waals surface area contributed by atoms with E-state index in [1.807, 2.05) is 6.07 Å². The third-order valence-electron chi connectivity index (χ3n) is 2.46. The average molecular weight is 271 g/mol. The third kappa shape index (κ3) is 1.57. The molecule has 6 nitrogen and oxygen atoms in total. The summed E-state index contributed by atoms with van der Waals surface area (Å²) in [6.45, 7) is 0. The van der Waals surface area contributed by atoms with Gasteiger partial charge in [-0.2, -0.15) is 0 Å². The molecule has 3 rings (SSSR count). The highest BCUT2D eigenvalue weighted by atomic mass is 35.5. The Morgan fingerprint density at radius 1 is 1.29 bits per heavy atom. The van der Waals surface area contributed by atoms with E-state index >= 15 is 0 Å². The van der Waals surface area contributed by atoms with Crippen molar-refractivity contribution in [2.45, 2.75) is 0 Å². The molecule has 0 atom stereocenters. The number of nitrogens with two attached hydrogens (primary N) is 1. The van der Waals surface area contributed by atoms with Gasteiger partial charge in [0.1, 0.15) is 5.70 Å². The molecular formula is C9H8Cl2N6. The summed E-state index contributed by atoms with van der Waals surface area (Å²) in [7, 11) is 0. The number of hydrazone groups is 1. The lowest BCUT2D eigenvalue weighted by atomic mass is 10.1. The zero-order chi connectivity index (χ0) is 12.0. The van der Waals surface area contributed by atoms with Crippen molar-refractivity contribution in [3.63, 3.8) is 0 Å². The Labute approximate surface area is 107 Å². The molecule has 1 aromatic rings. The number of fused-ring (bicyclic) bond motifs is 1. The van der Waals surface area contributed by atoms with Gasteiger partial charge in [-0.05, 0) is 18.2 Å². The van der Waals surface area contributed by atoms with Crippen LogP contribution in [-0.4, -0.2) is 11.0 Å². The summed E-state index contributed by atoms with van der Waals surface area (Å²) in [5.74, 6) is 1.03. The predicted molar refractivity (Wildman–Crippen MR) is 66.3 cm³/mol. The largest absolute Gasteiger partial charge is 0.367 e. The van der Waals surface area contributed by atoms with Crippen molar-refractivity contribution in [3.05, 3.63) is 39.6 Å². The second-order valence-corrected chi connectivity index (χ2v) is 4.35. The summed E-state index contributed by atoms with van der Waals surface area (Å²) in [5, 5.41) is 6.60. The summed E-state index contributed by atoms with van der Waals surface area (Å²) in [5.41, 5.74) is 15.8. The molecule has 0 saturated carbocycles. The minimum atomic E-state index is 0.326. The molecule has 5 N–H and O–H groups in total. The smallest absolute Gasteiger partial charge is 0.236 e. The van der Waals surface area contributed by atoms with E-state index in [0.717, 1.165) is 11.3 Å². The molecule has 0 amide bonds. The highest BCUT2D eigenvalue weighted by Gasteiger charge is 2.30. The van der Waals surface area contributed by atoms with E-state index in [1.165, 1.54) is 0 Å². The van der Waals surface area contributed by atoms with Crippen LogP contribution in [0.2, 0.25) is 10.0 Å². The van der Waals surface area contributed by atoms with Gasteiger partial charge < -0.3 is 5.73 Å². The van der Waals surface area contributed by atoms with Crippen molar-refractivity contribution in [2.75, 3.05) is 0 Å². The van der Waals surface area contributed by atoms with Crippen LogP contribution in [0.25, 0.3) is 5.70 Å². The summed E-state index contributed by atoms with van der Waals surface area (Å²) in [6, 6.07) is 5.26. The molecule has 17 heavy (non-hydrogen) atoms. The highest BCUT2D eigenvalue weighted by molar-refractivity contribution is 6.35. The SMILES string of the molecule is NC1=NNC2=C(c3ccc(Cl)cc3Cl)NNN12. The molecule has 2 heterocycles. The van der Waals surface area contributed by atoms with E-state index in [2.05, 4.69) is 21.5 Å². The molecule has 8 heteroatoms. The number of halogens is 2. The van der Waals surface area contributed by atoms with E-state index in [1.54, 1.807) is 17.1 Å². The number of benzene rings is 1. The molecule has 0 aliphatic carbocycles. The lowest BCUT2D eigenvalue weighted by Crippen LogP contribution is -2.43. The van der Waals surface area contributed by atoms with Crippen LogP contribution >= 0.6 is 23.2 Å². The first-order valence-electron chi connectivity index (χ1n) is 4.77. The fourth-order valence-electron chi connectivity index (χ4n) is 1.66. The maximum absolute atomic E-state index is 6.14. The van der Waals surface area contributed by atoms with Gasteiger partial charge in [0.05, 0.1) is 5.02 Å². The fraction of sp³-hybridized carbons (Fsp3) is 0. The lowest BCUT2D eigenvalue weighted by Gasteiger charge is -2.09. The van der Waals surface area contributed by atoms with Gasteiger partial charge in [-0.15, -0.1) is 10.6 Å². The van der Waals surface area contributed by atoms with Gasteiger partial charge in [0.2, 0.25) is 5.96 Å². The van der Waals surface area contributed by atoms with Crippen molar-refractivity contribution in [3.8, 4) is 0 Å². The number of guanidine groups is 1. The number of nitrogens with one attached hydrogen (secondary N) is 3. The van der Waals surface area contributed by atoms with Crippen LogP contribution in [0.3, 0.4) is 0 Å². The number of hydrogen-bond donors (Lipinski definition) is 4. The molecule has 0 radical (unpaired) electrons. The molecule has 88 valence electrons. The highest BCUT2D eigenvalue weighted by Crippen LogP contribution is 2.29. The van der Waals surface area contributed by atoms with Gasteiger partial charge in [-0.1, -0.05) is 23.2 Å². The second kappa shape index (κ2) is 3.69. The topological polar surface area (TPSA) is 77.7 Å². The molecule has 2 aliphatic rings. The van der Waals surface area contributed by atoms with Crippen molar-refractivity contribution >= 4 is 34.9 Å². The first-order chi connectivity index (χ1) is 8.16. The van der Waals surface area contributed by atoms with Crippen LogP contribution in [0.4, 0.5) is 0 Å². The molecule has 0 bridgehead atoms. The molecule has 2 aliphatic heterocycles. The van der Waals surface area contributed by atoms with Crippen LogP contribution in [0.1, 0.15) is 5.56 Å². The Balaban J connectivity index is 2.06. The molecule has 0 unspecified atom stereocenters. The minimum absolute atomic E-state index is 0.326. The third-order valence-corrected chi connectivity index (χ3v) is 3.01. The van der Waals surface area contributed by atoms with Crippen molar-refractivity contribution in [2.24, 2.45) is 10.8 Å². The Morgan fingerprint density at radius 3 is 2.88 bits per heavy atom. The van der Waals surface area contributed by atoms with Gasteiger partial charge in [-0.3, -0.25) is 10.9 Å². The lowest BCUT2D eigenvalue weighted by molar-refractivity contribution is 0.383. The first-order valence-corrected chi connectivity index (χ1v) is 5.53. The van der Waals surface area contributed by atoms with Crippen molar-refractivity contribution in [1.82, 2.24) is 21.4 Å². The molecule has 0 aromatic heterocycles. The van der Waals surface area contributed by atoms with Gasteiger partial charge in [-0.25, -0.2) is 5.01 Å². The van der Waals surface area contributed by atoms with E-state index in [4.69, 9.17) is 28.9 Å². The number of rotatable bonds is 1. The Morgan fingerprint density at radius 2 is 2.12 bits per heavy atom. The Bertz CT molecular complexity index is 552. The Kier molecular flexibility index (Phi) is 2.29. The van der Waals surface area contributed by atoms with E-state index in [0.29, 0.717) is 21.8 Å². The summed E-state index contributed by atoms with van der Waals surface area (Å²) >= 11 is 12.0.